The molecule has 0 bridgehead atoms. The number of hydrogen-bond donors (Lipinski definition) is 2. The molecule has 0 radical (unpaired) electrons. The van der Waals surface area contributed by atoms with Crippen LogP contribution in [0.5, 0.6) is 0 Å². The van der Waals surface area contributed by atoms with E-state index in [4.69, 9.17) is 5.11 Å². The summed E-state index contributed by atoms with van der Waals surface area (Å²) in [6, 6.07) is -0.451. The van der Waals surface area contributed by atoms with E-state index in [2.05, 4.69) is 0 Å². The summed E-state index contributed by atoms with van der Waals surface area (Å²) >= 11 is 0. The van der Waals surface area contributed by atoms with Gasteiger partial charge in [0.05, 0.1) is 6.10 Å². The molecule has 0 heterocycles. The fourth-order valence-electron chi connectivity index (χ4n) is 1.49. The Morgan fingerprint density at radius 1 is 1.21 bits per heavy atom. The molecule has 82 valence electrons. The molecule has 0 aromatic rings. The lowest BCUT2D eigenvalue weighted by Gasteiger charge is -2.26. The van der Waals surface area contributed by atoms with E-state index in [1.54, 1.807) is 0 Å². The number of alkyl halides is 3. The topological polar surface area (TPSA) is 49.3 Å². The summed E-state index contributed by atoms with van der Waals surface area (Å²) in [4.78, 5) is 10.5. The molecule has 0 saturated heterocycles. The first kappa shape index (κ1) is 11.3. The number of aliphatic hydroxyl groups excluding tert-OH is 1. The van der Waals surface area contributed by atoms with Gasteiger partial charge in [0.1, 0.15) is 0 Å². The molecule has 1 aliphatic carbocycles. The highest BCUT2D eigenvalue weighted by Gasteiger charge is 2.40. The van der Waals surface area contributed by atoms with Crippen molar-refractivity contribution in [3.63, 3.8) is 0 Å². The molecule has 1 saturated carbocycles. The summed E-state index contributed by atoms with van der Waals surface area (Å²) < 4.78 is 35.5. The standard InChI is InChI=1S/C8H12F3NO2/c9-8(10,11)7(14)12-5-1-3-6(13)4-2-5/h5-6,13H,1-4H2,(H,12,14). The maximum absolute atomic E-state index is 11.8. The molecule has 6 heteroatoms. The van der Waals surface area contributed by atoms with Crippen molar-refractivity contribution in [3.05, 3.63) is 0 Å². The van der Waals surface area contributed by atoms with E-state index < -0.39 is 24.2 Å². The van der Waals surface area contributed by atoms with Crippen LogP contribution in [0.3, 0.4) is 0 Å². The van der Waals surface area contributed by atoms with E-state index in [-0.39, 0.29) is 0 Å². The summed E-state index contributed by atoms with van der Waals surface area (Å²) in [6.07, 6.45) is -3.54. The number of carbonyl (C=O) groups is 1. The molecule has 0 aliphatic heterocycles. The van der Waals surface area contributed by atoms with Crippen molar-refractivity contribution in [2.45, 2.75) is 44.0 Å². The van der Waals surface area contributed by atoms with E-state index in [1.807, 2.05) is 5.32 Å². The molecule has 0 atom stereocenters. The van der Waals surface area contributed by atoms with Crippen LogP contribution in [0.1, 0.15) is 25.7 Å². The lowest BCUT2D eigenvalue weighted by Crippen LogP contribution is -2.45. The number of aliphatic hydroxyl groups is 1. The van der Waals surface area contributed by atoms with E-state index in [0.29, 0.717) is 25.7 Å². The van der Waals surface area contributed by atoms with E-state index in [0.717, 1.165) is 0 Å². The van der Waals surface area contributed by atoms with Gasteiger partial charge in [-0.2, -0.15) is 13.2 Å². The Labute approximate surface area is 79.3 Å². The largest absolute Gasteiger partial charge is 0.471 e. The molecule has 0 unspecified atom stereocenters. The maximum atomic E-state index is 11.8. The van der Waals surface area contributed by atoms with Crippen molar-refractivity contribution < 1.29 is 23.1 Å². The zero-order valence-corrected chi connectivity index (χ0v) is 7.47. The molecule has 1 aliphatic rings. The minimum atomic E-state index is -4.81. The molecule has 14 heavy (non-hydrogen) atoms. The third kappa shape index (κ3) is 3.17. The summed E-state index contributed by atoms with van der Waals surface area (Å²) in [5, 5.41) is 11.0. The number of nitrogens with one attached hydrogen (secondary N) is 1. The number of amides is 1. The van der Waals surface area contributed by atoms with Crippen LogP contribution in [-0.2, 0) is 4.79 Å². The molecular formula is C8H12F3NO2. The van der Waals surface area contributed by atoms with Crippen LogP contribution in [0.4, 0.5) is 13.2 Å². The highest BCUT2D eigenvalue weighted by Crippen LogP contribution is 2.20. The Morgan fingerprint density at radius 2 is 1.71 bits per heavy atom. The predicted molar refractivity (Wildman–Crippen MR) is 42.5 cm³/mol. The zero-order chi connectivity index (χ0) is 10.8. The number of rotatable bonds is 1. The first-order chi connectivity index (χ1) is 6.39. The van der Waals surface area contributed by atoms with Gasteiger partial charge in [0.15, 0.2) is 0 Å². The molecule has 1 rings (SSSR count). The van der Waals surface area contributed by atoms with Gasteiger partial charge < -0.3 is 10.4 Å². The van der Waals surface area contributed by atoms with Gasteiger partial charge in [-0.15, -0.1) is 0 Å². The molecular weight excluding hydrogens is 199 g/mol. The minimum absolute atomic E-state index is 0.406. The van der Waals surface area contributed by atoms with Crippen molar-refractivity contribution in [1.29, 1.82) is 0 Å². The van der Waals surface area contributed by atoms with Crippen molar-refractivity contribution >= 4 is 5.91 Å². The van der Waals surface area contributed by atoms with Gasteiger partial charge >= 0.3 is 12.1 Å². The Kier molecular flexibility index (Phi) is 3.36. The van der Waals surface area contributed by atoms with E-state index >= 15 is 0 Å². The quantitative estimate of drug-likeness (QED) is 0.679. The normalized spacial score (nSPS) is 28.6. The lowest BCUT2D eigenvalue weighted by molar-refractivity contribution is -0.174. The summed E-state index contributed by atoms with van der Waals surface area (Å²) in [6.45, 7) is 0. The minimum Gasteiger partial charge on any atom is -0.393 e. The van der Waals surface area contributed by atoms with Crippen LogP contribution >= 0.6 is 0 Å². The molecule has 0 aromatic carbocycles. The Bertz CT molecular complexity index is 209. The van der Waals surface area contributed by atoms with Crippen LogP contribution in [0.15, 0.2) is 0 Å². The first-order valence-corrected chi connectivity index (χ1v) is 4.45. The Hall–Kier alpha value is -0.780. The van der Waals surface area contributed by atoms with Gasteiger partial charge in [-0.3, -0.25) is 4.79 Å². The number of carbonyl (C=O) groups excluding carboxylic acids is 1. The van der Waals surface area contributed by atoms with Crippen molar-refractivity contribution in [2.24, 2.45) is 0 Å². The van der Waals surface area contributed by atoms with Gasteiger partial charge in [0.25, 0.3) is 0 Å². The van der Waals surface area contributed by atoms with Crippen LogP contribution < -0.4 is 5.32 Å². The van der Waals surface area contributed by atoms with Gasteiger partial charge in [-0.1, -0.05) is 0 Å². The van der Waals surface area contributed by atoms with Crippen molar-refractivity contribution in [2.75, 3.05) is 0 Å². The van der Waals surface area contributed by atoms with Crippen LogP contribution in [0.2, 0.25) is 0 Å². The Balaban J connectivity index is 2.35. The highest BCUT2D eigenvalue weighted by atomic mass is 19.4. The first-order valence-electron chi connectivity index (χ1n) is 4.45. The van der Waals surface area contributed by atoms with Crippen LogP contribution in [-0.4, -0.2) is 29.3 Å². The third-order valence-electron chi connectivity index (χ3n) is 2.29. The zero-order valence-electron chi connectivity index (χ0n) is 7.47. The van der Waals surface area contributed by atoms with E-state index in [9.17, 15) is 18.0 Å². The molecule has 2 N–H and O–H groups in total. The second-order valence-electron chi connectivity index (χ2n) is 3.48. The summed E-state index contributed by atoms with van der Waals surface area (Å²) in [5.41, 5.74) is 0. The average molecular weight is 211 g/mol. The van der Waals surface area contributed by atoms with Gasteiger partial charge in [-0.05, 0) is 25.7 Å². The van der Waals surface area contributed by atoms with Gasteiger partial charge in [-0.25, -0.2) is 0 Å². The molecule has 0 spiro atoms. The number of halogens is 3. The lowest BCUT2D eigenvalue weighted by atomic mass is 9.93. The summed E-state index contributed by atoms with van der Waals surface area (Å²) in [5.74, 6) is -1.89. The van der Waals surface area contributed by atoms with Gasteiger partial charge in [0, 0.05) is 6.04 Å². The fourth-order valence-corrected chi connectivity index (χ4v) is 1.49. The highest BCUT2D eigenvalue weighted by molar-refractivity contribution is 5.81. The van der Waals surface area contributed by atoms with Gasteiger partial charge in [0.2, 0.25) is 0 Å². The van der Waals surface area contributed by atoms with Crippen molar-refractivity contribution in [1.82, 2.24) is 5.32 Å². The third-order valence-corrected chi connectivity index (χ3v) is 2.29. The van der Waals surface area contributed by atoms with Crippen LogP contribution in [0.25, 0.3) is 0 Å². The maximum Gasteiger partial charge on any atom is 0.471 e. The Morgan fingerprint density at radius 3 is 2.14 bits per heavy atom. The molecule has 0 aromatic heterocycles. The smallest absolute Gasteiger partial charge is 0.393 e. The fraction of sp³-hybridized carbons (Fsp3) is 0.875. The molecule has 1 amide bonds. The van der Waals surface area contributed by atoms with E-state index in [1.165, 1.54) is 0 Å². The predicted octanol–water partition coefficient (Wildman–Crippen LogP) is 0.968. The second-order valence-corrected chi connectivity index (χ2v) is 3.48. The second kappa shape index (κ2) is 4.16. The monoisotopic (exact) mass is 211 g/mol. The number of hydrogen-bond acceptors (Lipinski definition) is 2. The summed E-state index contributed by atoms with van der Waals surface area (Å²) in [7, 11) is 0. The average Bonchev–Trinajstić information content (AvgIpc) is 2.07. The molecule has 3 nitrogen and oxygen atoms in total. The molecule has 1 fully saturated rings. The van der Waals surface area contributed by atoms with Crippen LogP contribution in [0, 0.1) is 0 Å². The van der Waals surface area contributed by atoms with Crippen molar-refractivity contribution in [3.8, 4) is 0 Å². The SMILES string of the molecule is O=C(NC1CCC(O)CC1)C(F)(F)F.